The molecule has 1 aliphatic carbocycles. The third-order valence-corrected chi connectivity index (χ3v) is 3.72. The normalized spacial score (nSPS) is 14.6. The van der Waals surface area contributed by atoms with Crippen molar-refractivity contribution in [2.45, 2.75) is 25.7 Å². The molecule has 0 amide bonds. The molecule has 1 fully saturated rings. The lowest BCUT2D eigenvalue weighted by Crippen LogP contribution is -2.02. The van der Waals surface area contributed by atoms with E-state index in [2.05, 4.69) is 15.9 Å². The van der Waals surface area contributed by atoms with Crippen LogP contribution in [0.1, 0.15) is 24.8 Å². The largest absolute Gasteiger partial charge is 0.492 e. The molecule has 0 aromatic heterocycles. The van der Waals surface area contributed by atoms with Crippen LogP contribution >= 0.6 is 15.9 Å². The molecule has 17 heavy (non-hydrogen) atoms. The molecule has 92 valence electrons. The van der Waals surface area contributed by atoms with Gasteiger partial charge in [0.15, 0.2) is 0 Å². The van der Waals surface area contributed by atoms with E-state index >= 15 is 0 Å². The molecular formula is C13H15BrO3. The molecule has 1 aliphatic rings. The molecule has 2 rings (SSSR count). The molecule has 0 aliphatic heterocycles. The first kappa shape index (κ1) is 12.4. The molecule has 0 heterocycles. The number of carbonyl (C=O) groups is 1. The highest BCUT2D eigenvalue weighted by molar-refractivity contribution is 9.10. The van der Waals surface area contributed by atoms with Gasteiger partial charge in [0, 0.05) is 6.42 Å². The Kier molecular flexibility index (Phi) is 4.05. The topological polar surface area (TPSA) is 46.5 Å². The van der Waals surface area contributed by atoms with E-state index in [1.807, 2.05) is 18.2 Å². The second kappa shape index (κ2) is 5.54. The maximum absolute atomic E-state index is 10.5. The Labute approximate surface area is 109 Å². The lowest BCUT2D eigenvalue weighted by Gasteiger charge is -2.10. The smallest absolute Gasteiger partial charge is 0.303 e. The van der Waals surface area contributed by atoms with E-state index in [0.29, 0.717) is 12.3 Å². The number of rotatable bonds is 6. The maximum Gasteiger partial charge on any atom is 0.303 e. The van der Waals surface area contributed by atoms with Gasteiger partial charge in [-0.15, -0.1) is 0 Å². The number of hydrogen-bond acceptors (Lipinski definition) is 2. The number of benzene rings is 1. The quantitative estimate of drug-likeness (QED) is 0.877. The monoisotopic (exact) mass is 298 g/mol. The van der Waals surface area contributed by atoms with Crippen LogP contribution in [0.25, 0.3) is 0 Å². The number of carboxylic acids is 1. The van der Waals surface area contributed by atoms with Crippen molar-refractivity contribution in [3.05, 3.63) is 28.2 Å². The van der Waals surface area contributed by atoms with Gasteiger partial charge in [-0.1, -0.05) is 12.1 Å². The molecule has 0 bridgehead atoms. The third kappa shape index (κ3) is 3.73. The Bertz CT molecular complexity index is 413. The molecule has 0 saturated heterocycles. The van der Waals surface area contributed by atoms with Gasteiger partial charge in [-0.3, -0.25) is 4.79 Å². The standard InChI is InChI=1S/C13H15BrO3/c14-13-10(6-7-12(15)16)2-1-3-11(13)17-8-9-4-5-9/h1-3,9H,4-8H2,(H,15,16). The fourth-order valence-electron chi connectivity index (χ4n) is 1.59. The van der Waals surface area contributed by atoms with Gasteiger partial charge in [-0.05, 0) is 52.7 Å². The minimum Gasteiger partial charge on any atom is -0.492 e. The summed E-state index contributed by atoms with van der Waals surface area (Å²) < 4.78 is 6.60. The average Bonchev–Trinajstić information content (AvgIpc) is 3.10. The van der Waals surface area contributed by atoms with Crippen LogP contribution in [-0.2, 0) is 11.2 Å². The van der Waals surface area contributed by atoms with Crippen molar-refractivity contribution in [3.8, 4) is 5.75 Å². The summed E-state index contributed by atoms with van der Waals surface area (Å²) in [5, 5.41) is 8.67. The number of halogens is 1. The number of aliphatic carboxylic acids is 1. The highest BCUT2D eigenvalue weighted by atomic mass is 79.9. The van der Waals surface area contributed by atoms with E-state index in [1.54, 1.807) is 0 Å². The minimum absolute atomic E-state index is 0.144. The van der Waals surface area contributed by atoms with Gasteiger partial charge in [0.2, 0.25) is 0 Å². The van der Waals surface area contributed by atoms with E-state index in [9.17, 15) is 4.79 Å². The molecule has 0 spiro atoms. The summed E-state index contributed by atoms with van der Waals surface area (Å²) in [6, 6.07) is 5.75. The Morgan fingerprint density at radius 1 is 1.47 bits per heavy atom. The molecule has 1 aromatic carbocycles. The van der Waals surface area contributed by atoms with Gasteiger partial charge in [-0.25, -0.2) is 0 Å². The summed E-state index contributed by atoms with van der Waals surface area (Å²) in [5.74, 6) is 0.755. The SMILES string of the molecule is O=C(O)CCc1cccc(OCC2CC2)c1Br. The van der Waals surface area contributed by atoms with Gasteiger partial charge >= 0.3 is 5.97 Å². The lowest BCUT2D eigenvalue weighted by atomic mass is 10.1. The van der Waals surface area contributed by atoms with Gasteiger partial charge in [0.1, 0.15) is 5.75 Å². The molecule has 1 saturated carbocycles. The van der Waals surface area contributed by atoms with Crippen molar-refractivity contribution in [2.24, 2.45) is 5.92 Å². The van der Waals surface area contributed by atoms with Crippen LogP contribution in [-0.4, -0.2) is 17.7 Å². The van der Waals surface area contributed by atoms with E-state index in [-0.39, 0.29) is 6.42 Å². The fourth-order valence-corrected chi connectivity index (χ4v) is 2.17. The van der Waals surface area contributed by atoms with E-state index < -0.39 is 5.97 Å². The van der Waals surface area contributed by atoms with Crippen LogP contribution in [0.4, 0.5) is 0 Å². The molecule has 0 atom stereocenters. The lowest BCUT2D eigenvalue weighted by molar-refractivity contribution is -0.136. The number of carboxylic acid groups (broad SMARTS) is 1. The Hall–Kier alpha value is -1.03. The molecule has 0 radical (unpaired) electrons. The third-order valence-electron chi connectivity index (χ3n) is 2.82. The Balaban J connectivity index is 2.00. The Morgan fingerprint density at radius 2 is 2.24 bits per heavy atom. The summed E-state index contributed by atoms with van der Waals surface area (Å²) >= 11 is 3.48. The first-order valence-corrected chi connectivity index (χ1v) is 6.58. The van der Waals surface area contributed by atoms with Gasteiger partial charge in [0.05, 0.1) is 11.1 Å². The van der Waals surface area contributed by atoms with Crippen LogP contribution in [0, 0.1) is 5.92 Å². The summed E-state index contributed by atoms with van der Waals surface area (Å²) in [4.78, 5) is 10.5. The zero-order valence-corrected chi connectivity index (χ0v) is 11.1. The van der Waals surface area contributed by atoms with Crippen LogP contribution in [0.15, 0.2) is 22.7 Å². The first-order chi connectivity index (χ1) is 8.16. The van der Waals surface area contributed by atoms with Crippen LogP contribution in [0.5, 0.6) is 5.75 Å². The summed E-state index contributed by atoms with van der Waals surface area (Å²) in [6.45, 7) is 0.765. The number of aryl methyl sites for hydroxylation is 1. The van der Waals surface area contributed by atoms with Gasteiger partial charge < -0.3 is 9.84 Å². The van der Waals surface area contributed by atoms with Crippen molar-refractivity contribution < 1.29 is 14.6 Å². The minimum atomic E-state index is -0.777. The maximum atomic E-state index is 10.5. The highest BCUT2D eigenvalue weighted by Crippen LogP contribution is 2.33. The molecule has 1 aromatic rings. The summed E-state index contributed by atoms with van der Waals surface area (Å²) in [5.41, 5.74) is 0.987. The van der Waals surface area contributed by atoms with Crippen LogP contribution in [0.2, 0.25) is 0 Å². The molecular weight excluding hydrogens is 284 g/mol. The van der Waals surface area contributed by atoms with E-state index in [0.717, 1.165) is 22.4 Å². The van der Waals surface area contributed by atoms with Gasteiger partial charge in [-0.2, -0.15) is 0 Å². The first-order valence-electron chi connectivity index (χ1n) is 5.79. The van der Waals surface area contributed by atoms with Gasteiger partial charge in [0.25, 0.3) is 0 Å². The number of hydrogen-bond donors (Lipinski definition) is 1. The predicted octanol–water partition coefficient (Wildman–Crippen LogP) is 3.26. The summed E-state index contributed by atoms with van der Waals surface area (Å²) in [6.07, 6.45) is 3.19. The zero-order valence-electron chi connectivity index (χ0n) is 9.49. The van der Waals surface area contributed by atoms with E-state index in [4.69, 9.17) is 9.84 Å². The van der Waals surface area contributed by atoms with Crippen molar-refractivity contribution in [2.75, 3.05) is 6.61 Å². The van der Waals surface area contributed by atoms with E-state index in [1.165, 1.54) is 12.8 Å². The second-order valence-electron chi connectivity index (χ2n) is 4.38. The average molecular weight is 299 g/mol. The summed E-state index contributed by atoms with van der Waals surface area (Å²) in [7, 11) is 0. The molecule has 0 unspecified atom stereocenters. The second-order valence-corrected chi connectivity index (χ2v) is 5.17. The van der Waals surface area contributed by atoms with Crippen LogP contribution < -0.4 is 4.74 Å². The highest BCUT2D eigenvalue weighted by Gasteiger charge is 2.22. The predicted molar refractivity (Wildman–Crippen MR) is 68.3 cm³/mol. The van der Waals surface area contributed by atoms with Crippen molar-refractivity contribution in [3.63, 3.8) is 0 Å². The fraction of sp³-hybridized carbons (Fsp3) is 0.462. The number of ether oxygens (including phenoxy) is 1. The molecule has 4 heteroatoms. The van der Waals surface area contributed by atoms with Crippen molar-refractivity contribution in [1.29, 1.82) is 0 Å². The zero-order chi connectivity index (χ0) is 12.3. The molecule has 3 nitrogen and oxygen atoms in total. The van der Waals surface area contributed by atoms with Crippen molar-refractivity contribution >= 4 is 21.9 Å². The Morgan fingerprint density at radius 3 is 2.88 bits per heavy atom. The van der Waals surface area contributed by atoms with Crippen LogP contribution in [0.3, 0.4) is 0 Å². The van der Waals surface area contributed by atoms with Crippen molar-refractivity contribution in [1.82, 2.24) is 0 Å². The molecule has 1 N–H and O–H groups in total.